The summed E-state index contributed by atoms with van der Waals surface area (Å²) >= 11 is 0. The third-order valence-corrected chi connectivity index (χ3v) is 2.83. The van der Waals surface area contributed by atoms with Crippen molar-refractivity contribution in [2.75, 3.05) is 6.54 Å². The lowest BCUT2D eigenvalue weighted by Crippen LogP contribution is -2.43. The molecule has 0 spiro atoms. The molecule has 1 atom stereocenters. The second kappa shape index (κ2) is 6.48. The van der Waals surface area contributed by atoms with E-state index in [-0.39, 0.29) is 5.41 Å². The van der Waals surface area contributed by atoms with Crippen LogP contribution in [0.3, 0.4) is 0 Å². The highest BCUT2D eigenvalue weighted by atomic mass is 19.4. The van der Waals surface area contributed by atoms with Crippen molar-refractivity contribution >= 4 is 0 Å². The molecule has 0 aromatic carbocycles. The molecule has 0 rings (SSSR count). The summed E-state index contributed by atoms with van der Waals surface area (Å²) < 4.78 is 36.8. The Kier molecular flexibility index (Phi) is 6.38. The van der Waals surface area contributed by atoms with Crippen molar-refractivity contribution in [3.63, 3.8) is 0 Å². The molecule has 16 heavy (non-hydrogen) atoms. The predicted octanol–water partition coefficient (Wildman–Crippen LogP) is 4.13. The van der Waals surface area contributed by atoms with Gasteiger partial charge in [0.1, 0.15) is 6.04 Å². The van der Waals surface area contributed by atoms with Crippen LogP contribution >= 0.6 is 0 Å². The van der Waals surface area contributed by atoms with E-state index >= 15 is 0 Å². The van der Waals surface area contributed by atoms with Gasteiger partial charge in [0, 0.05) is 6.54 Å². The normalized spacial score (nSPS) is 15.2. The molecular weight excluding hydrogens is 215 g/mol. The van der Waals surface area contributed by atoms with Gasteiger partial charge >= 0.3 is 6.18 Å². The van der Waals surface area contributed by atoms with E-state index in [4.69, 9.17) is 0 Å². The van der Waals surface area contributed by atoms with Gasteiger partial charge in [-0.15, -0.1) is 0 Å². The van der Waals surface area contributed by atoms with Crippen LogP contribution in [0, 0.1) is 5.41 Å². The van der Waals surface area contributed by atoms with Crippen molar-refractivity contribution in [2.24, 2.45) is 5.41 Å². The smallest absolute Gasteiger partial charge is 0.306 e. The molecule has 0 aromatic rings. The minimum absolute atomic E-state index is 0.0608. The average Bonchev–Trinajstić information content (AvgIpc) is 2.13. The molecule has 0 aliphatic heterocycles. The Hall–Kier alpha value is -0.250. The standard InChI is InChI=1S/C12H24F3N/c1-5-6-7-8-11(3,4)9-16-10(2)12(13,14)15/h10,16H,5-9H2,1-4H3. The topological polar surface area (TPSA) is 12.0 Å². The summed E-state index contributed by atoms with van der Waals surface area (Å²) in [5.74, 6) is 0. The highest BCUT2D eigenvalue weighted by Crippen LogP contribution is 2.25. The van der Waals surface area contributed by atoms with Crippen molar-refractivity contribution in [2.45, 2.75) is 65.6 Å². The SMILES string of the molecule is CCCCCC(C)(C)CNC(C)C(F)(F)F. The Morgan fingerprint density at radius 2 is 1.69 bits per heavy atom. The van der Waals surface area contributed by atoms with Crippen LogP contribution in [-0.4, -0.2) is 18.8 Å². The Balaban J connectivity index is 3.89. The monoisotopic (exact) mass is 239 g/mol. The van der Waals surface area contributed by atoms with E-state index in [0.29, 0.717) is 6.54 Å². The van der Waals surface area contributed by atoms with Gasteiger partial charge in [-0.2, -0.15) is 13.2 Å². The largest absolute Gasteiger partial charge is 0.403 e. The highest BCUT2D eigenvalue weighted by Gasteiger charge is 2.36. The Bertz CT molecular complexity index is 187. The molecule has 0 aliphatic rings. The van der Waals surface area contributed by atoms with Crippen molar-refractivity contribution in [3.05, 3.63) is 0 Å². The first-order valence-electron chi connectivity index (χ1n) is 5.99. The molecular formula is C12H24F3N. The van der Waals surface area contributed by atoms with Crippen LogP contribution in [0.2, 0.25) is 0 Å². The van der Waals surface area contributed by atoms with Gasteiger partial charge in [0.05, 0.1) is 0 Å². The zero-order chi connectivity index (χ0) is 12.8. The van der Waals surface area contributed by atoms with E-state index in [1.54, 1.807) is 0 Å². The van der Waals surface area contributed by atoms with E-state index in [1.165, 1.54) is 6.92 Å². The van der Waals surface area contributed by atoms with Crippen LogP contribution in [0.25, 0.3) is 0 Å². The van der Waals surface area contributed by atoms with Gasteiger partial charge in [-0.3, -0.25) is 0 Å². The summed E-state index contributed by atoms with van der Waals surface area (Å²) in [5.41, 5.74) is -0.0608. The molecule has 0 amide bonds. The number of alkyl halides is 3. The lowest BCUT2D eigenvalue weighted by Gasteiger charge is -2.28. The molecule has 0 radical (unpaired) electrons. The zero-order valence-corrected chi connectivity index (χ0v) is 10.7. The summed E-state index contributed by atoms with van der Waals surface area (Å²) in [6.07, 6.45) is 0.213. The summed E-state index contributed by atoms with van der Waals surface area (Å²) in [5, 5.41) is 2.56. The summed E-state index contributed by atoms with van der Waals surface area (Å²) in [6.45, 7) is 7.73. The number of rotatable bonds is 7. The molecule has 0 heterocycles. The lowest BCUT2D eigenvalue weighted by atomic mass is 9.86. The fourth-order valence-electron chi connectivity index (χ4n) is 1.49. The van der Waals surface area contributed by atoms with E-state index < -0.39 is 12.2 Å². The maximum Gasteiger partial charge on any atom is 0.403 e. The molecule has 1 unspecified atom stereocenters. The van der Waals surface area contributed by atoms with Crippen LogP contribution in [-0.2, 0) is 0 Å². The predicted molar refractivity (Wildman–Crippen MR) is 61.4 cm³/mol. The van der Waals surface area contributed by atoms with Crippen LogP contribution in [0.15, 0.2) is 0 Å². The summed E-state index contributed by atoms with van der Waals surface area (Å²) in [7, 11) is 0. The molecule has 0 saturated carbocycles. The van der Waals surface area contributed by atoms with Crippen LogP contribution in [0.1, 0.15) is 53.4 Å². The molecule has 98 valence electrons. The lowest BCUT2D eigenvalue weighted by molar-refractivity contribution is -0.152. The molecule has 0 saturated heterocycles. The number of hydrogen-bond acceptors (Lipinski definition) is 1. The number of nitrogens with one attached hydrogen (secondary N) is 1. The molecule has 0 fully saturated rings. The molecule has 0 bridgehead atoms. The maximum atomic E-state index is 12.3. The van der Waals surface area contributed by atoms with Crippen LogP contribution in [0.4, 0.5) is 13.2 Å². The van der Waals surface area contributed by atoms with Crippen molar-refractivity contribution < 1.29 is 13.2 Å². The van der Waals surface area contributed by atoms with Gasteiger partial charge in [-0.25, -0.2) is 0 Å². The van der Waals surface area contributed by atoms with Gasteiger partial charge in [-0.1, -0.05) is 40.0 Å². The van der Waals surface area contributed by atoms with Gasteiger partial charge < -0.3 is 5.32 Å². The minimum Gasteiger partial charge on any atom is -0.306 e. The third-order valence-electron chi connectivity index (χ3n) is 2.83. The van der Waals surface area contributed by atoms with Crippen molar-refractivity contribution in [3.8, 4) is 0 Å². The molecule has 1 N–H and O–H groups in total. The van der Waals surface area contributed by atoms with E-state index in [9.17, 15) is 13.2 Å². The van der Waals surface area contributed by atoms with Gasteiger partial charge in [-0.05, 0) is 18.8 Å². The zero-order valence-electron chi connectivity index (χ0n) is 10.7. The molecule has 1 nitrogen and oxygen atoms in total. The fourth-order valence-corrected chi connectivity index (χ4v) is 1.49. The van der Waals surface area contributed by atoms with Crippen LogP contribution in [0.5, 0.6) is 0 Å². The Morgan fingerprint density at radius 1 is 1.12 bits per heavy atom. The molecule has 0 aliphatic carbocycles. The second-order valence-corrected chi connectivity index (χ2v) is 5.27. The number of hydrogen-bond donors (Lipinski definition) is 1. The first kappa shape index (κ1) is 15.8. The van der Waals surface area contributed by atoms with Gasteiger partial charge in [0.25, 0.3) is 0 Å². The first-order chi connectivity index (χ1) is 7.19. The number of halogens is 3. The maximum absolute atomic E-state index is 12.3. The minimum atomic E-state index is -4.14. The van der Waals surface area contributed by atoms with E-state index in [0.717, 1.165) is 25.7 Å². The Morgan fingerprint density at radius 3 is 2.12 bits per heavy atom. The van der Waals surface area contributed by atoms with Crippen LogP contribution < -0.4 is 5.32 Å². The van der Waals surface area contributed by atoms with Crippen molar-refractivity contribution in [1.29, 1.82) is 0 Å². The van der Waals surface area contributed by atoms with Crippen molar-refractivity contribution in [1.82, 2.24) is 5.32 Å². The van der Waals surface area contributed by atoms with E-state index in [2.05, 4.69) is 12.2 Å². The molecule has 0 aromatic heterocycles. The highest BCUT2D eigenvalue weighted by molar-refractivity contribution is 4.76. The number of unbranched alkanes of at least 4 members (excludes halogenated alkanes) is 2. The molecule has 4 heteroatoms. The quantitative estimate of drug-likeness (QED) is 0.658. The summed E-state index contributed by atoms with van der Waals surface area (Å²) in [6, 6.07) is -1.42. The van der Waals surface area contributed by atoms with Gasteiger partial charge in [0.2, 0.25) is 0 Å². The second-order valence-electron chi connectivity index (χ2n) is 5.27. The third kappa shape index (κ3) is 7.09. The average molecular weight is 239 g/mol. The fraction of sp³-hybridized carbons (Fsp3) is 1.00. The van der Waals surface area contributed by atoms with Gasteiger partial charge in [0.15, 0.2) is 0 Å². The van der Waals surface area contributed by atoms with E-state index in [1.807, 2.05) is 13.8 Å². The first-order valence-corrected chi connectivity index (χ1v) is 5.99. The Labute approximate surface area is 96.8 Å². The summed E-state index contributed by atoms with van der Waals surface area (Å²) in [4.78, 5) is 0.